The number of aliphatic hydroxyl groups excluding tert-OH is 4. The maximum atomic E-state index is 8.74. The maximum Gasteiger partial charge on any atom is 1.00 e. The van der Waals surface area contributed by atoms with Crippen LogP contribution < -0.4 is 29.6 Å². The average Bonchev–Trinajstić information content (AvgIpc) is 2.59. The van der Waals surface area contributed by atoms with E-state index in [-0.39, 0.29) is 42.8 Å². The number of hydrogen-bond acceptors (Lipinski definition) is 7. The van der Waals surface area contributed by atoms with Crippen molar-refractivity contribution in [1.82, 2.24) is 0 Å². The summed E-state index contributed by atoms with van der Waals surface area (Å²) in [5.74, 6) is 0. The van der Waals surface area contributed by atoms with E-state index in [9.17, 15) is 0 Å². The molecule has 11 heteroatoms. The minimum Gasteiger partial charge on any atom is -0.542 e. The van der Waals surface area contributed by atoms with Gasteiger partial charge >= 0.3 is 40.0 Å². The molecule has 0 aromatic rings. The molecular weight excluding hydrogens is 403 g/mol. The van der Waals surface area contributed by atoms with Gasteiger partial charge in [-0.1, -0.05) is 64.7 Å². The number of hydrogen-bond donors (Lipinski definition) is 6. The van der Waals surface area contributed by atoms with E-state index >= 15 is 0 Å². The van der Waals surface area contributed by atoms with E-state index in [1.54, 1.807) is 0 Å². The minimum absolute atomic E-state index is 0. The van der Waals surface area contributed by atoms with Crippen molar-refractivity contribution < 1.29 is 72.3 Å². The van der Waals surface area contributed by atoms with Crippen molar-refractivity contribution in [3.63, 3.8) is 0 Å². The summed E-state index contributed by atoms with van der Waals surface area (Å²) < 4.78 is 31.6. The van der Waals surface area contributed by atoms with Gasteiger partial charge in [0.25, 0.3) is 0 Å². The van der Waals surface area contributed by atoms with Gasteiger partial charge in [-0.25, -0.2) is 0 Å². The van der Waals surface area contributed by atoms with Gasteiger partial charge in [-0.15, -0.1) is 0 Å². The Labute approximate surface area is 192 Å². The first-order valence-corrected chi connectivity index (χ1v) is 10.5. The molecule has 0 unspecified atom stereocenters. The van der Waals surface area contributed by atoms with Crippen molar-refractivity contribution in [3.05, 3.63) is 0 Å². The van der Waals surface area contributed by atoms with E-state index in [1.165, 1.54) is 71.0 Å². The Balaban J connectivity index is -0.0000000982. The summed E-state index contributed by atoms with van der Waals surface area (Å²) in [6.45, 7) is 3.22. The molecule has 0 radical (unpaired) electrons. The van der Waals surface area contributed by atoms with Gasteiger partial charge in [0, 0.05) is 6.61 Å². The van der Waals surface area contributed by atoms with Crippen LogP contribution >= 0.6 is 0 Å². The second kappa shape index (κ2) is 34.9. The van der Waals surface area contributed by atoms with Gasteiger partial charge in [0.1, 0.15) is 6.10 Å². The topological polar surface area (TPSA) is 173 Å². The first-order chi connectivity index (χ1) is 12.6. The molecule has 0 saturated carbocycles. The summed E-state index contributed by atoms with van der Waals surface area (Å²) in [6.07, 6.45) is 13.8. The number of aliphatic hydroxyl groups is 4. The van der Waals surface area contributed by atoms with Crippen molar-refractivity contribution >= 4 is 16.7 Å². The molecule has 0 amide bonds. The molecule has 168 valence electrons. The second-order valence-electron chi connectivity index (χ2n) is 5.58. The molecular formula is C17H39NaO9S. The third kappa shape index (κ3) is 82.2. The smallest absolute Gasteiger partial charge is 0.542 e. The molecule has 0 rings (SSSR count). The molecule has 0 aliphatic rings. The van der Waals surface area contributed by atoms with Crippen molar-refractivity contribution in [1.29, 1.82) is 0 Å². The van der Waals surface area contributed by atoms with Crippen LogP contribution in [0.25, 0.3) is 0 Å². The Morgan fingerprint density at radius 3 is 1.21 bits per heavy atom. The molecule has 0 saturated heterocycles. The van der Waals surface area contributed by atoms with E-state index in [4.69, 9.17) is 42.7 Å². The Morgan fingerprint density at radius 1 is 0.786 bits per heavy atom. The maximum absolute atomic E-state index is 8.74. The van der Waals surface area contributed by atoms with Crippen LogP contribution in [-0.4, -0.2) is 70.2 Å². The molecule has 0 fully saturated rings. The molecule has 0 heterocycles. The predicted molar refractivity (Wildman–Crippen MR) is 105 cm³/mol. The Morgan fingerprint density at radius 2 is 1.04 bits per heavy atom. The van der Waals surface area contributed by atoms with Gasteiger partial charge < -0.3 is 25.2 Å². The first kappa shape index (κ1) is 38.9. The van der Waals surface area contributed by atoms with Crippen LogP contribution in [0.5, 0.6) is 0 Å². The second-order valence-corrected chi connectivity index (χ2v) is 6.47. The summed E-state index contributed by atoms with van der Waals surface area (Å²) in [5.41, 5.74) is 0. The zero-order valence-corrected chi connectivity index (χ0v) is 20.4. The normalized spacial score (nSPS) is 9.61. The third-order valence-corrected chi connectivity index (χ3v) is 2.93. The number of unbranched alkanes of at least 4 members (excludes halogenated alkanes) is 9. The van der Waals surface area contributed by atoms with E-state index in [0.29, 0.717) is 6.61 Å². The fourth-order valence-electron chi connectivity index (χ4n) is 1.66. The predicted octanol–water partition coefficient (Wildman–Crippen LogP) is -1.30. The minimum atomic E-state index is -4.67. The molecule has 0 aromatic carbocycles. The van der Waals surface area contributed by atoms with Gasteiger partial charge in [0.15, 0.2) is 0 Å². The number of rotatable bonds is 12. The summed E-state index contributed by atoms with van der Waals surface area (Å²) in [7, 11) is -4.67. The quantitative estimate of drug-likeness (QED) is 0.0929. The Kier molecular flexibility index (Phi) is 48.5. The van der Waals surface area contributed by atoms with Crippen molar-refractivity contribution in [2.24, 2.45) is 0 Å². The van der Waals surface area contributed by atoms with E-state index < -0.39 is 16.5 Å². The van der Waals surface area contributed by atoms with Crippen molar-refractivity contribution in [3.8, 4) is 0 Å². The monoisotopic (exact) mass is 442 g/mol. The largest absolute Gasteiger partial charge is 1.00 e. The Bertz CT molecular complexity index is 333. The molecule has 0 aromatic heterocycles. The summed E-state index contributed by atoms with van der Waals surface area (Å²) in [5, 5.41) is 32.6. The SMILES string of the molecule is CCCCCCCCCCCCO.C[C-]=O.O=S(=O)(O)O.OCC(O)CO.[Na+]. The van der Waals surface area contributed by atoms with E-state index in [0.717, 1.165) is 6.42 Å². The zero-order chi connectivity index (χ0) is 22.0. The van der Waals surface area contributed by atoms with Crippen molar-refractivity contribution in [2.75, 3.05) is 19.8 Å². The van der Waals surface area contributed by atoms with Crippen LogP contribution in [0.15, 0.2) is 0 Å². The molecule has 0 bridgehead atoms. The van der Waals surface area contributed by atoms with Gasteiger partial charge in [0.05, 0.1) is 13.2 Å². The van der Waals surface area contributed by atoms with Crippen LogP contribution in [0.4, 0.5) is 0 Å². The van der Waals surface area contributed by atoms with Crippen LogP contribution in [0, 0.1) is 0 Å². The van der Waals surface area contributed by atoms with Crippen LogP contribution in [-0.2, 0) is 15.2 Å². The standard InChI is InChI=1S/C12H26O.C3H8O3.C2H3O.Na.H2O4S/c1-2-3-4-5-6-7-8-9-10-11-12-13;4-1-3(6)2-5;1-2-3;;1-5(2,3)4/h13H,2-12H2,1H3;3-6H,1-2H2;1H3;;(H2,1,2,3,4)/q;;-1;+1;. The summed E-state index contributed by atoms with van der Waals surface area (Å²) in [6, 6.07) is 0. The van der Waals surface area contributed by atoms with Gasteiger partial charge in [-0.2, -0.15) is 15.3 Å². The molecule has 0 aliphatic heterocycles. The summed E-state index contributed by atoms with van der Waals surface area (Å²) in [4.78, 5) is 8.68. The number of carbonyl (C=O) groups excluding carboxylic acids is 1. The van der Waals surface area contributed by atoms with Gasteiger partial charge in [0.2, 0.25) is 0 Å². The van der Waals surface area contributed by atoms with Gasteiger partial charge in [-0.3, -0.25) is 15.4 Å². The molecule has 9 nitrogen and oxygen atoms in total. The molecule has 28 heavy (non-hydrogen) atoms. The molecule has 0 atom stereocenters. The molecule has 0 aliphatic carbocycles. The fourth-order valence-corrected chi connectivity index (χ4v) is 1.66. The van der Waals surface area contributed by atoms with Crippen molar-refractivity contribution in [2.45, 2.75) is 84.2 Å². The zero-order valence-electron chi connectivity index (χ0n) is 17.6. The summed E-state index contributed by atoms with van der Waals surface area (Å²) >= 11 is 0. The average molecular weight is 443 g/mol. The molecule has 0 spiro atoms. The first-order valence-electron chi connectivity index (χ1n) is 9.13. The third-order valence-electron chi connectivity index (χ3n) is 2.93. The Hall–Kier alpha value is 0.380. The van der Waals surface area contributed by atoms with Gasteiger partial charge in [-0.05, 0) is 6.42 Å². The fraction of sp³-hybridized carbons (Fsp3) is 0.941. The van der Waals surface area contributed by atoms with Crippen LogP contribution in [0.3, 0.4) is 0 Å². The van der Waals surface area contributed by atoms with E-state index in [1.807, 2.05) is 0 Å². The molecule has 6 N–H and O–H groups in total. The van der Waals surface area contributed by atoms with Crippen LogP contribution in [0.2, 0.25) is 0 Å². The van der Waals surface area contributed by atoms with Crippen LogP contribution in [0.1, 0.15) is 78.1 Å². The van der Waals surface area contributed by atoms with E-state index in [2.05, 4.69) is 6.92 Å².